The summed E-state index contributed by atoms with van der Waals surface area (Å²) in [6, 6.07) is -6.22. The van der Waals surface area contributed by atoms with Crippen molar-refractivity contribution < 1.29 is 33.6 Å². The first kappa shape index (κ1) is 50.8. The van der Waals surface area contributed by atoms with Crippen molar-refractivity contribution in [2.24, 2.45) is 34.8 Å². The van der Waals surface area contributed by atoms with Crippen LogP contribution in [0.4, 0.5) is 0 Å². The summed E-state index contributed by atoms with van der Waals surface area (Å²) in [5.41, 5.74) is 22.1. The Morgan fingerprint density at radius 2 is 1.10 bits per heavy atom. The lowest BCUT2D eigenvalue weighted by molar-refractivity contribution is -0.142. The molecular formula is C37H70N14O7. The minimum absolute atomic E-state index is 0.0408. The average molecular weight is 823 g/mol. The molecule has 330 valence electrons. The monoisotopic (exact) mass is 823 g/mol. The second-order valence-corrected chi connectivity index (χ2v) is 15.6. The zero-order chi connectivity index (χ0) is 43.9. The molecule has 1 rings (SSSR count). The highest BCUT2D eigenvalue weighted by Gasteiger charge is 2.39. The van der Waals surface area contributed by atoms with Gasteiger partial charge in [-0.2, -0.15) is 0 Å². The molecule has 0 aromatic heterocycles. The van der Waals surface area contributed by atoms with Crippen LogP contribution in [-0.4, -0.2) is 121 Å². The molecule has 0 bridgehead atoms. The maximum Gasteiger partial charge on any atom is 0.245 e. The van der Waals surface area contributed by atoms with Gasteiger partial charge in [0.1, 0.15) is 36.3 Å². The SMILES string of the molecule is CC(=O)N[C@@H](CCCNC(=N)N)C(=O)N1CCC[C@H]1C(=O)N[C@@H](CCCNC(=N)N)C(=O)N[C@@H](CCCCN)C(=O)N[C@@H](CC(C)C)C(=O)N[C@@H](CC(C)C)C(N)=O. The molecule has 0 aromatic carbocycles. The molecular weight excluding hydrogens is 752 g/mol. The minimum Gasteiger partial charge on any atom is -0.370 e. The molecule has 58 heavy (non-hydrogen) atoms. The van der Waals surface area contributed by atoms with Gasteiger partial charge in [0.15, 0.2) is 11.9 Å². The Kier molecular flexibility index (Phi) is 23.4. The highest BCUT2D eigenvalue weighted by atomic mass is 16.2. The smallest absolute Gasteiger partial charge is 0.245 e. The second kappa shape index (κ2) is 26.7. The van der Waals surface area contributed by atoms with Gasteiger partial charge in [0.05, 0.1) is 0 Å². The molecule has 0 aliphatic carbocycles. The zero-order valence-corrected chi connectivity index (χ0v) is 34.8. The Bertz CT molecular complexity index is 1410. The Balaban J connectivity index is 3.33. The number of hydrogen-bond acceptors (Lipinski definition) is 10. The molecule has 0 spiro atoms. The summed E-state index contributed by atoms with van der Waals surface area (Å²) in [5.74, 6) is -4.64. The Morgan fingerprint density at radius 1 is 0.638 bits per heavy atom. The summed E-state index contributed by atoms with van der Waals surface area (Å²) in [6.07, 6.45) is 3.43. The van der Waals surface area contributed by atoms with Crippen LogP contribution in [0.15, 0.2) is 0 Å². The van der Waals surface area contributed by atoms with Crippen LogP contribution < -0.4 is 60.2 Å². The van der Waals surface area contributed by atoms with E-state index in [2.05, 4.69) is 37.2 Å². The van der Waals surface area contributed by atoms with Gasteiger partial charge in [-0.25, -0.2) is 0 Å². The number of nitrogens with one attached hydrogen (secondary N) is 9. The fraction of sp³-hybridized carbons (Fsp3) is 0.757. The second-order valence-electron chi connectivity index (χ2n) is 15.6. The van der Waals surface area contributed by atoms with Crippen molar-refractivity contribution in [1.82, 2.24) is 42.1 Å². The lowest BCUT2D eigenvalue weighted by Gasteiger charge is -2.30. The van der Waals surface area contributed by atoms with E-state index in [1.807, 2.05) is 27.7 Å². The van der Waals surface area contributed by atoms with E-state index in [1.54, 1.807) is 0 Å². The summed E-state index contributed by atoms with van der Waals surface area (Å²) in [7, 11) is 0. The van der Waals surface area contributed by atoms with Crippen molar-refractivity contribution in [3.63, 3.8) is 0 Å². The van der Waals surface area contributed by atoms with Crippen LogP contribution in [-0.2, 0) is 33.6 Å². The lowest BCUT2D eigenvalue weighted by Crippen LogP contribution is -2.59. The summed E-state index contributed by atoms with van der Waals surface area (Å²) >= 11 is 0. The van der Waals surface area contributed by atoms with E-state index in [4.69, 9.17) is 33.8 Å². The zero-order valence-electron chi connectivity index (χ0n) is 34.8. The predicted octanol–water partition coefficient (Wildman–Crippen LogP) is -2.35. The average Bonchev–Trinajstić information content (AvgIpc) is 3.62. The van der Waals surface area contributed by atoms with Gasteiger partial charge < -0.3 is 65.1 Å². The van der Waals surface area contributed by atoms with Crippen LogP contribution in [0.1, 0.15) is 105 Å². The number of nitrogens with two attached hydrogens (primary N) is 4. The van der Waals surface area contributed by atoms with E-state index in [1.165, 1.54) is 11.8 Å². The number of carbonyl (C=O) groups is 7. The maximum absolute atomic E-state index is 14.0. The van der Waals surface area contributed by atoms with Crippen molar-refractivity contribution in [2.75, 3.05) is 26.2 Å². The van der Waals surface area contributed by atoms with Gasteiger partial charge in [-0.05, 0) is 89.0 Å². The Morgan fingerprint density at radius 3 is 1.60 bits per heavy atom. The van der Waals surface area contributed by atoms with Crippen molar-refractivity contribution in [2.45, 2.75) is 141 Å². The first-order valence-corrected chi connectivity index (χ1v) is 20.2. The van der Waals surface area contributed by atoms with Crippen molar-refractivity contribution in [3.8, 4) is 0 Å². The van der Waals surface area contributed by atoms with E-state index in [9.17, 15) is 33.6 Å². The number of likely N-dealkylation sites (tertiary alicyclic amines) is 1. The molecule has 1 aliphatic heterocycles. The molecule has 17 N–H and O–H groups in total. The quantitative estimate of drug-likeness (QED) is 0.0235. The Hall–Kier alpha value is -5.21. The number of rotatable bonds is 27. The van der Waals surface area contributed by atoms with Gasteiger partial charge in [-0.1, -0.05) is 27.7 Å². The van der Waals surface area contributed by atoms with Crippen molar-refractivity contribution in [1.29, 1.82) is 10.8 Å². The number of hydrogen-bond donors (Lipinski definition) is 13. The molecule has 21 heteroatoms. The van der Waals surface area contributed by atoms with E-state index in [0.29, 0.717) is 51.6 Å². The highest BCUT2D eigenvalue weighted by Crippen LogP contribution is 2.20. The van der Waals surface area contributed by atoms with E-state index in [0.717, 1.165) is 0 Å². The van der Waals surface area contributed by atoms with Crippen LogP contribution in [0.25, 0.3) is 0 Å². The molecule has 0 aromatic rings. The number of guanidine groups is 2. The first-order valence-electron chi connectivity index (χ1n) is 20.2. The van der Waals surface area contributed by atoms with Crippen LogP contribution in [0.3, 0.4) is 0 Å². The molecule has 7 amide bonds. The molecule has 1 heterocycles. The molecule has 1 saturated heterocycles. The predicted molar refractivity (Wildman–Crippen MR) is 219 cm³/mol. The third-order valence-electron chi connectivity index (χ3n) is 9.40. The van der Waals surface area contributed by atoms with E-state index in [-0.39, 0.29) is 68.9 Å². The van der Waals surface area contributed by atoms with Gasteiger partial charge in [0.2, 0.25) is 41.4 Å². The van der Waals surface area contributed by atoms with E-state index < -0.39 is 77.6 Å². The summed E-state index contributed by atoms with van der Waals surface area (Å²) in [5, 5.41) is 33.7. The fourth-order valence-electron chi connectivity index (χ4n) is 6.60. The third kappa shape index (κ3) is 19.8. The molecule has 0 unspecified atom stereocenters. The van der Waals surface area contributed by atoms with Crippen LogP contribution >= 0.6 is 0 Å². The number of amides is 7. The number of carbonyl (C=O) groups excluding carboxylic acids is 7. The number of primary amides is 1. The van der Waals surface area contributed by atoms with E-state index >= 15 is 0 Å². The van der Waals surface area contributed by atoms with Gasteiger partial charge in [-0.15, -0.1) is 0 Å². The van der Waals surface area contributed by atoms with Gasteiger partial charge in [0, 0.05) is 26.6 Å². The van der Waals surface area contributed by atoms with Gasteiger partial charge in [-0.3, -0.25) is 44.4 Å². The van der Waals surface area contributed by atoms with Crippen molar-refractivity contribution >= 4 is 53.3 Å². The van der Waals surface area contributed by atoms with Crippen LogP contribution in [0, 0.1) is 22.7 Å². The summed E-state index contributed by atoms with van der Waals surface area (Å²) in [6.45, 7) is 9.86. The van der Waals surface area contributed by atoms with Gasteiger partial charge >= 0.3 is 0 Å². The molecule has 1 fully saturated rings. The largest absolute Gasteiger partial charge is 0.370 e. The fourth-order valence-corrected chi connectivity index (χ4v) is 6.60. The molecule has 0 saturated carbocycles. The topological polar surface area (TPSA) is 359 Å². The third-order valence-corrected chi connectivity index (χ3v) is 9.40. The molecule has 1 aliphatic rings. The van der Waals surface area contributed by atoms with Crippen LogP contribution in [0.2, 0.25) is 0 Å². The maximum atomic E-state index is 14.0. The normalized spacial score (nSPS) is 16.3. The highest BCUT2D eigenvalue weighted by molar-refractivity contribution is 5.97. The standard InChI is InChI=1S/C37H70N14O7/c1-21(2)19-27(30(39)53)49-33(56)28(20-22(3)4)50-32(55)24(11-6-7-15-38)47-31(54)25(12-8-16-44-36(40)41)48-34(57)29-14-10-18-51(29)35(58)26(46-23(5)52)13-9-17-45-37(42)43/h21-22,24-29H,6-20,38H2,1-5H3,(H2,39,53)(H,46,52)(H,47,54)(H,48,57)(H,49,56)(H,50,55)(H4,40,41,44)(H4,42,43,45)/t24-,25-,26-,27-,28-,29-/m0/s1. The molecule has 21 nitrogen and oxygen atoms in total. The summed E-state index contributed by atoms with van der Waals surface area (Å²) in [4.78, 5) is 94.5. The minimum atomic E-state index is -1.19. The van der Waals surface area contributed by atoms with Crippen molar-refractivity contribution in [3.05, 3.63) is 0 Å². The molecule has 0 radical (unpaired) electrons. The first-order chi connectivity index (χ1) is 27.3. The number of nitrogens with zero attached hydrogens (tertiary/aromatic N) is 1. The summed E-state index contributed by atoms with van der Waals surface area (Å²) < 4.78 is 0. The van der Waals surface area contributed by atoms with Crippen LogP contribution in [0.5, 0.6) is 0 Å². The lowest BCUT2D eigenvalue weighted by atomic mass is 9.99. The number of unbranched alkanes of at least 4 members (excludes halogenated alkanes) is 1. The molecule has 6 atom stereocenters. The van der Waals surface area contributed by atoms with Gasteiger partial charge in [0.25, 0.3) is 0 Å². The Labute approximate surface area is 341 Å².